The van der Waals surface area contributed by atoms with Crippen LogP contribution in [-0.2, 0) is 6.42 Å². The molecular formula is C21H36Si. The van der Waals surface area contributed by atoms with Crippen molar-refractivity contribution in [1.82, 2.24) is 0 Å². The van der Waals surface area contributed by atoms with Crippen molar-refractivity contribution in [3.05, 3.63) is 41.1 Å². The molecule has 0 nitrogen and oxygen atoms in total. The van der Waals surface area contributed by atoms with Crippen molar-refractivity contribution in [2.75, 3.05) is 0 Å². The maximum atomic E-state index is 2.56. The first-order valence-corrected chi connectivity index (χ1v) is 12.5. The van der Waals surface area contributed by atoms with Crippen molar-refractivity contribution in [3.63, 3.8) is 0 Å². The fourth-order valence-electron chi connectivity index (χ4n) is 2.82. The molecule has 0 aliphatic carbocycles. The highest BCUT2D eigenvalue weighted by molar-refractivity contribution is 6.81. The van der Waals surface area contributed by atoms with Crippen LogP contribution in [0.25, 0.3) is 5.57 Å². The normalized spacial score (nSPS) is 13.5. The number of aryl methyl sites for hydroxylation is 1. The molecule has 22 heavy (non-hydrogen) atoms. The minimum atomic E-state index is -1.16. The third kappa shape index (κ3) is 7.98. The summed E-state index contributed by atoms with van der Waals surface area (Å²) in [6.07, 6.45) is 6.31. The van der Waals surface area contributed by atoms with Crippen LogP contribution in [0.2, 0.25) is 19.6 Å². The van der Waals surface area contributed by atoms with Gasteiger partial charge in [0.2, 0.25) is 0 Å². The molecule has 0 aliphatic heterocycles. The summed E-state index contributed by atoms with van der Waals surface area (Å²) in [6, 6.07) is 9.24. The predicted molar refractivity (Wildman–Crippen MR) is 105 cm³/mol. The molecule has 0 bridgehead atoms. The van der Waals surface area contributed by atoms with Crippen LogP contribution >= 0.6 is 0 Å². The van der Waals surface area contributed by atoms with E-state index in [1.54, 1.807) is 0 Å². The van der Waals surface area contributed by atoms with Gasteiger partial charge in [0.15, 0.2) is 0 Å². The molecular weight excluding hydrogens is 280 g/mol. The third-order valence-corrected chi connectivity index (χ3v) is 5.14. The molecule has 0 fully saturated rings. The van der Waals surface area contributed by atoms with Gasteiger partial charge in [-0.2, -0.15) is 0 Å². The summed E-state index contributed by atoms with van der Waals surface area (Å²) in [4.78, 5) is 0. The fraction of sp³-hybridized carbons (Fsp3) is 0.619. The van der Waals surface area contributed by atoms with Gasteiger partial charge in [-0.1, -0.05) is 83.7 Å². The second-order valence-corrected chi connectivity index (χ2v) is 13.9. The van der Waals surface area contributed by atoms with E-state index < -0.39 is 8.07 Å². The molecule has 1 aromatic carbocycles. The predicted octanol–water partition coefficient (Wildman–Crippen LogP) is 7.12. The average Bonchev–Trinajstić information content (AvgIpc) is 2.39. The van der Waals surface area contributed by atoms with Gasteiger partial charge in [-0.25, -0.2) is 0 Å². The molecule has 1 rings (SSSR count). The Morgan fingerprint density at radius 1 is 1.09 bits per heavy atom. The van der Waals surface area contributed by atoms with Crippen LogP contribution in [0, 0.1) is 5.41 Å². The SMILES string of the molecule is CC/C(=C\[Si](C)(C)C)c1cccc(CCCCC(C)(C)C)c1. The summed E-state index contributed by atoms with van der Waals surface area (Å²) in [5.41, 5.74) is 7.51. The first-order chi connectivity index (χ1) is 10.1. The lowest BCUT2D eigenvalue weighted by Gasteiger charge is -2.17. The smallest absolute Gasteiger partial charge is 0.0690 e. The highest BCUT2D eigenvalue weighted by Gasteiger charge is 2.12. The van der Waals surface area contributed by atoms with Gasteiger partial charge in [0.1, 0.15) is 0 Å². The molecule has 0 heterocycles. The number of allylic oxidation sites excluding steroid dienone is 1. The van der Waals surface area contributed by atoms with Gasteiger partial charge in [-0.15, -0.1) is 0 Å². The molecule has 1 aromatic rings. The Morgan fingerprint density at radius 2 is 1.77 bits per heavy atom. The molecule has 0 aliphatic rings. The van der Waals surface area contributed by atoms with Gasteiger partial charge in [0, 0.05) is 0 Å². The Labute approximate surface area is 140 Å². The molecule has 0 saturated heterocycles. The van der Waals surface area contributed by atoms with Crippen LogP contribution in [0.3, 0.4) is 0 Å². The zero-order valence-electron chi connectivity index (χ0n) is 15.9. The standard InChI is InChI=1S/C21H36Si/c1-8-19(17-22(5,6)7)20-14-11-13-18(16-20)12-9-10-15-21(2,3)4/h11,13-14,16-17H,8-10,12,15H2,1-7H3/b19-17+. The fourth-order valence-corrected chi connectivity index (χ4v) is 4.24. The second-order valence-electron chi connectivity index (χ2n) is 8.86. The summed E-state index contributed by atoms with van der Waals surface area (Å²) in [5, 5.41) is 0. The van der Waals surface area contributed by atoms with Crippen LogP contribution < -0.4 is 0 Å². The van der Waals surface area contributed by atoms with Crippen molar-refractivity contribution in [2.24, 2.45) is 5.41 Å². The highest BCUT2D eigenvalue weighted by Crippen LogP contribution is 2.24. The van der Waals surface area contributed by atoms with Gasteiger partial charge in [-0.05, 0) is 47.8 Å². The molecule has 0 saturated carbocycles. The average molecular weight is 317 g/mol. The maximum Gasteiger partial charge on any atom is 0.0690 e. The van der Waals surface area contributed by atoms with Crippen LogP contribution in [-0.4, -0.2) is 8.07 Å². The molecule has 0 aromatic heterocycles. The number of hydrogen-bond acceptors (Lipinski definition) is 0. The van der Waals surface area contributed by atoms with E-state index in [1.165, 1.54) is 42.4 Å². The Bertz CT molecular complexity index is 483. The van der Waals surface area contributed by atoms with Crippen LogP contribution in [0.4, 0.5) is 0 Å². The maximum absolute atomic E-state index is 2.56. The van der Waals surface area contributed by atoms with Gasteiger partial charge < -0.3 is 0 Å². The molecule has 0 radical (unpaired) electrons. The number of rotatable bonds is 7. The van der Waals surface area contributed by atoms with Gasteiger partial charge >= 0.3 is 0 Å². The van der Waals surface area contributed by atoms with Crippen molar-refractivity contribution < 1.29 is 0 Å². The van der Waals surface area contributed by atoms with Crippen LogP contribution in [0.1, 0.15) is 64.5 Å². The Hall–Kier alpha value is -0.823. The lowest BCUT2D eigenvalue weighted by molar-refractivity contribution is 0.360. The van der Waals surface area contributed by atoms with Crippen LogP contribution in [0.15, 0.2) is 30.0 Å². The van der Waals surface area contributed by atoms with E-state index in [1.807, 2.05) is 0 Å². The zero-order chi connectivity index (χ0) is 16.8. The summed E-state index contributed by atoms with van der Waals surface area (Å²) in [5.74, 6) is 0. The number of benzene rings is 1. The number of unbranched alkanes of at least 4 members (excludes halogenated alkanes) is 1. The Kier molecular flexibility index (Phi) is 7.12. The molecule has 1 heteroatoms. The van der Waals surface area contributed by atoms with Crippen molar-refractivity contribution in [1.29, 1.82) is 0 Å². The van der Waals surface area contributed by atoms with E-state index in [4.69, 9.17) is 0 Å². The van der Waals surface area contributed by atoms with E-state index in [9.17, 15) is 0 Å². The number of hydrogen-bond donors (Lipinski definition) is 0. The van der Waals surface area contributed by atoms with E-state index >= 15 is 0 Å². The molecule has 0 atom stereocenters. The zero-order valence-corrected chi connectivity index (χ0v) is 16.9. The monoisotopic (exact) mass is 316 g/mol. The molecule has 0 spiro atoms. The summed E-state index contributed by atoms with van der Waals surface area (Å²) < 4.78 is 0. The first kappa shape index (κ1) is 19.2. The lowest BCUT2D eigenvalue weighted by atomic mass is 9.89. The highest BCUT2D eigenvalue weighted by atomic mass is 28.3. The summed E-state index contributed by atoms with van der Waals surface area (Å²) in [6.45, 7) is 16.5. The van der Waals surface area contributed by atoms with E-state index in [0.29, 0.717) is 5.41 Å². The molecule has 0 unspecified atom stereocenters. The molecule has 124 valence electrons. The van der Waals surface area contributed by atoms with Crippen LogP contribution in [0.5, 0.6) is 0 Å². The quantitative estimate of drug-likeness (QED) is 0.371. The minimum absolute atomic E-state index is 0.470. The first-order valence-electron chi connectivity index (χ1n) is 8.92. The Balaban J connectivity index is 2.71. The van der Waals surface area contributed by atoms with E-state index in [2.05, 4.69) is 77.3 Å². The summed E-state index contributed by atoms with van der Waals surface area (Å²) in [7, 11) is -1.16. The summed E-state index contributed by atoms with van der Waals surface area (Å²) >= 11 is 0. The van der Waals surface area contributed by atoms with Crippen molar-refractivity contribution >= 4 is 13.6 Å². The Morgan fingerprint density at radius 3 is 2.32 bits per heavy atom. The lowest BCUT2D eigenvalue weighted by Crippen LogP contribution is -2.16. The van der Waals surface area contributed by atoms with E-state index in [0.717, 1.165) is 6.42 Å². The van der Waals surface area contributed by atoms with Crippen molar-refractivity contribution in [3.8, 4) is 0 Å². The van der Waals surface area contributed by atoms with E-state index in [-0.39, 0.29) is 0 Å². The minimum Gasteiger partial charge on any atom is -0.0913 e. The van der Waals surface area contributed by atoms with Gasteiger partial charge in [-0.3, -0.25) is 0 Å². The largest absolute Gasteiger partial charge is 0.0913 e. The van der Waals surface area contributed by atoms with Gasteiger partial charge in [0.05, 0.1) is 8.07 Å². The molecule has 0 N–H and O–H groups in total. The second kappa shape index (κ2) is 8.15. The van der Waals surface area contributed by atoms with Gasteiger partial charge in [0.25, 0.3) is 0 Å². The molecule has 0 amide bonds. The topological polar surface area (TPSA) is 0 Å². The third-order valence-electron chi connectivity index (χ3n) is 3.93. The van der Waals surface area contributed by atoms with Crippen molar-refractivity contribution in [2.45, 2.75) is 79.4 Å².